The summed E-state index contributed by atoms with van der Waals surface area (Å²) in [5, 5.41) is 7.48. The predicted molar refractivity (Wildman–Crippen MR) is 70.3 cm³/mol. The topological polar surface area (TPSA) is 73.9 Å². The fourth-order valence-electron chi connectivity index (χ4n) is 1.82. The van der Waals surface area contributed by atoms with Gasteiger partial charge >= 0.3 is 0 Å². The Morgan fingerprint density at radius 3 is 2.67 bits per heavy atom. The number of nitrogen functional groups attached to an aromatic ring is 1. The summed E-state index contributed by atoms with van der Waals surface area (Å²) in [7, 11) is 0. The van der Waals surface area contributed by atoms with Crippen LogP contribution in [-0.4, -0.2) is 21.8 Å². The molecule has 0 unspecified atom stereocenters. The normalized spacial score (nSPS) is 10.4. The van der Waals surface area contributed by atoms with Crippen molar-refractivity contribution in [1.82, 2.24) is 15.2 Å². The van der Waals surface area contributed by atoms with Crippen LogP contribution < -0.4 is 10.5 Å². The van der Waals surface area contributed by atoms with Gasteiger partial charge in [0.15, 0.2) is 0 Å². The number of ether oxygens (including phenoxy) is 1. The summed E-state index contributed by atoms with van der Waals surface area (Å²) in [6.07, 6.45) is 1.61. The van der Waals surface area contributed by atoms with Gasteiger partial charge in [0, 0.05) is 5.56 Å². The van der Waals surface area contributed by atoms with Crippen molar-refractivity contribution in [3.63, 3.8) is 0 Å². The van der Waals surface area contributed by atoms with Crippen LogP contribution in [0.2, 0.25) is 0 Å². The molecular formula is C13H16N4O. The highest BCUT2D eigenvalue weighted by molar-refractivity contribution is 5.66. The Morgan fingerprint density at radius 2 is 2.00 bits per heavy atom. The van der Waals surface area contributed by atoms with E-state index in [9.17, 15) is 0 Å². The molecule has 2 N–H and O–H groups in total. The molecule has 0 amide bonds. The average molecular weight is 244 g/mol. The quantitative estimate of drug-likeness (QED) is 0.895. The van der Waals surface area contributed by atoms with E-state index in [0.29, 0.717) is 6.61 Å². The van der Waals surface area contributed by atoms with E-state index < -0.39 is 0 Å². The summed E-state index contributed by atoms with van der Waals surface area (Å²) >= 11 is 0. The van der Waals surface area contributed by atoms with E-state index in [0.717, 1.165) is 28.1 Å². The predicted octanol–water partition coefficient (Wildman–Crippen LogP) is 2.14. The summed E-state index contributed by atoms with van der Waals surface area (Å²) in [6.45, 7) is 6.64. The van der Waals surface area contributed by atoms with E-state index in [2.05, 4.69) is 15.2 Å². The molecular weight excluding hydrogens is 228 g/mol. The molecule has 0 aliphatic carbocycles. The second-order valence-electron chi connectivity index (χ2n) is 4.07. The monoisotopic (exact) mass is 244 g/mol. The first-order chi connectivity index (χ1) is 8.61. The summed E-state index contributed by atoms with van der Waals surface area (Å²) in [6, 6.07) is 4.04. The average Bonchev–Trinajstić information content (AvgIpc) is 2.33. The van der Waals surface area contributed by atoms with Gasteiger partial charge in [0.05, 0.1) is 18.5 Å². The maximum Gasteiger partial charge on any atom is 0.240 e. The van der Waals surface area contributed by atoms with Gasteiger partial charge in [0.25, 0.3) is 0 Å². The van der Waals surface area contributed by atoms with Gasteiger partial charge in [-0.3, -0.25) is 0 Å². The Kier molecular flexibility index (Phi) is 3.41. The number of rotatable bonds is 3. The lowest BCUT2D eigenvalue weighted by Crippen LogP contribution is -2.00. The molecule has 94 valence electrons. The molecule has 5 heteroatoms. The fraction of sp³-hybridized carbons (Fsp3) is 0.308. The smallest absolute Gasteiger partial charge is 0.240 e. The number of aryl methyl sites for hydroxylation is 2. The van der Waals surface area contributed by atoms with E-state index in [4.69, 9.17) is 10.5 Å². The molecule has 0 saturated carbocycles. The Morgan fingerprint density at radius 1 is 1.22 bits per heavy atom. The number of hydrogen-bond acceptors (Lipinski definition) is 5. The minimum Gasteiger partial charge on any atom is -0.494 e. The maximum absolute atomic E-state index is 5.56. The summed E-state index contributed by atoms with van der Waals surface area (Å²) in [5.41, 5.74) is 9.42. The van der Waals surface area contributed by atoms with Crippen molar-refractivity contribution in [3.05, 3.63) is 29.5 Å². The number of hydrogen-bond donors (Lipinski definition) is 1. The van der Waals surface area contributed by atoms with Crippen molar-refractivity contribution in [2.75, 3.05) is 12.3 Å². The van der Waals surface area contributed by atoms with Gasteiger partial charge in [0.1, 0.15) is 5.75 Å². The number of aromatic nitrogens is 3. The van der Waals surface area contributed by atoms with Crippen molar-refractivity contribution in [2.24, 2.45) is 0 Å². The zero-order valence-corrected chi connectivity index (χ0v) is 10.8. The first-order valence-corrected chi connectivity index (χ1v) is 5.81. The zero-order valence-electron chi connectivity index (χ0n) is 10.8. The van der Waals surface area contributed by atoms with Crippen LogP contribution in [0.15, 0.2) is 18.3 Å². The molecule has 0 saturated heterocycles. The highest BCUT2D eigenvalue weighted by Crippen LogP contribution is 2.28. The van der Waals surface area contributed by atoms with Gasteiger partial charge in [-0.2, -0.15) is 5.10 Å². The van der Waals surface area contributed by atoms with Gasteiger partial charge in [0.2, 0.25) is 5.95 Å². The minimum absolute atomic E-state index is 0.179. The number of nitrogens with two attached hydrogens (primary N) is 1. The second kappa shape index (κ2) is 5.00. The van der Waals surface area contributed by atoms with E-state index in [-0.39, 0.29) is 5.95 Å². The Labute approximate surface area is 106 Å². The van der Waals surface area contributed by atoms with Crippen LogP contribution in [0.5, 0.6) is 5.75 Å². The molecule has 18 heavy (non-hydrogen) atoms. The van der Waals surface area contributed by atoms with Gasteiger partial charge in [-0.05, 0) is 44.0 Å². The Balaban J connectivity index is 2.49. The van der Waals surface area contributed by atoms with Crippen LogP contribution >= 0.6 is 0 Å². The third-order valence-electron chi connectivity index (χ3n) is 2.67. The Hall–Kier alpha value is -2.17. The molecule has 0 fully saturated rings. The van der Waals surface area contributed by atoms with Crippen molar-refractivity contribution >= 4 is 5.95 Å². The summed E-state index contributed by atoms with van der Waals surface area (Å²) in [4.78, 5) is 4.18. The largest absolute Gasteiger partial charge is 0.494 e. The van der Waals surface area contributed by atoms with Crippen molar-refractivity contribution in [1.29, 1.82) is 0 Å². The number of benzene rings is 1. The van der Waals surface area contributed by atoms with Crippen LogP contribution in [0.25, 0.3) is 11.3 Å². The minimum atomic E-state index is 0.179. The lowest BCUT2D eigenvalue weighted by Gasteiger charge is -2.12. The van der Waals surface area contributed by atoms with Crippen molar-refractivity contribution in [2.45, 2.75) is 20.8 Å². The van der Waals surface area contributed by atoms with Crippen LogP contribution in [0.1, 0.15) is 18.1 Å². The molecule has 2 rings (SSSR count). The lowest BCUT2D eigenvalue weighted by atomic mass is 10.0. The van der Waals surface area contributed by atoms with Crippen molar-refractivity contribution < 1.29 is 4.74 Å². The highest BCUT2D eigenvalue weighted by Gasteiger charge is 2.09. The first kappa shape index (κ1) is 12.3. The van der Waals surface area contributed by atoms with Crippen LogP contribution in [0.3, 0.4) is 0 Å². The van der Waals surface area contributed by atoms with E-state index in [1.807, 2.05) is 32.9 Å². The van der Waals surface area contributed by atoms with Gasteiger partial charge < -0.3 is 10.5 Å². The number of anilines is 1. The maximum atomic E-state index is 5.56. The molecule has 5 nitrogen and oxygen atoms in total. The second-order valence-corrected chi connectivity index (χ2v) is 4.07. The molecule has 0 aliphatic heterocycles. The van der Waals surface area contributed by atoms with E-state index >= 15 is 0 Å². The van der Waals surface area contributed by atoms with E-state index in [1.54, 1.807) is 6.20 Å². The molecule has 0 radical (unpaired) electrons. The fourth-order valence-corrected chi connectivity index (χ4v) is 1.82. The molecule has 1 aromatic heterocycles. The van der Waals surface area contributed by atoms with Crippen LogP contribution in [0.4, 0.5) is 5.95 Å². The van der Waals surface area contributed by atoms with E-state index in [1.165, 1.54) is 0 Å². The van der Waals surface area contributed by atoms with Crippen molar-refractivity contribution in [3.8, 4) is 17.0 Å². The summed E-state index contributed by atoms with van der Waals surface area (Å²) in [5.74, 6) is 1.08. The molecule has 0 aliphatic rings. The summed E-state index contributed by atoms with van der Waals surface area (Å²) < 4.78 is 5.56. The molecule has 2 aromatic rings. The Bertz CT molecular complexity index is 569. The number of nitrogens with zero attached hydrogens (tertiary/aromatic N) is 3. The molecule has 1 heterocycles. The first-order valence-electron chi connectivity index (χ1n) is 5.81. The molecule has 0 spiro atoms. The molecule has 0 bridgehead atoms. The highest BCUT2D eigenvalue weighted by atomic mass is 16.5. The van der Waals surface area contributed by atoms with Gasteiger partial charge in [-0.15, -0.1) is 5.10 Å². The van der Waals surface area contributed by atoms with Gasteiger partial charge in [-0.1, -0.05) is 0 Å². The molecule has 1 aromatic carbocycles. The lowest BCUT2D eigenvalue weighted by molar-refractivity contribution is 0.337. The molecule has 0 atom stereocenters. The zero-order chi connectivity index (χ0) is 13.1. The van der Waals surface area contributed by atoms with Crippen LogP contribution in [-0.2, 0) is 0 Å². The van der Waals surface area contributed by atoms with Gasteiger partial charge in [-0.25, -0.2) is 4.98 Å². The standard InChI is InChI=1S/C13H16N4O/c1-4-18-12-6-8(2)10(5-9(12)3)11-7-15-17-13(14)16-11/h5-7H,4H2,1-3H3,(H2,14,16,17). The van der Waals surface area contributed by atoms with Crippen LogP contribution in [0, 0.1) is 13.8 Å². The third kappa shape index (κ3) is 2.40. The SMILES string of the molecule is CCOc1cc(C)c(-c2cnnc(N)n2)cc1C. The third-order valence-corrected chi connectivity index (χ3v) is 2.67.